The van der Waals surface area contributed by atoms with Crippen LogP contribution in [0.3, 0.4) is 0 Å². The van der Waals surface area contributed by atoms with E-state index in [-0.39, 0.29) is 28.5 Å². The molecule has 138 valence electrons. The summed E-state index contributed by atoms with van der Waals surface area (Å²) in [4.78, 5) is 15.1. The highest BCUT2D eigenvalue weighted by Crippen LogP contribution is 2.27. The number of rotatable bonds is 9. The number of pyridine rings is 1. The molecule has 0 aromatic carbocycles. The first-order valence-corrected chi connectivity index (χ1v) is 9.15. The molecule has 0 fully saturated rings. The number of sulfonamides is 1. The fourth-order valence-corrected chi connectivity index (χ4v) is 3.20. The largest absolute Gasteiger partial charge is 0.479 e. The predicted octanol–water partition coefficient (Wildman–Crippen LogP) is 2.59. The number of aliphatic carboxylic acids is 1. The summed E-state index contributed by atoms with van der Waals surface area (Å²) in [6.07, 6.45) is 4.74. The summed E-state index contributed by atoms with van der Waals surface area (Å²) >= 11 is 0. The minimum absolute atomic E-state index is 0.000796. The van der Waals surface area contributed by atoms with Gasteiger partial charge in [0.15, 0.2) is 0 Å². The van der Waals surface area contributed by atoms with E-state index < -0.39 is 16.0 Å². The van der Waals surface area contributed by atoms with Gasteiger partial charge in [-0.25, -0.2) is 18.2 Å². The third-order valence-electron chi connectivity index (χ3n) is 3.27. The number of nitrogens with one attached hydrogen (secondary N) is 2. The number of nitrogens with zero attached hydrogens (tertiary/aromatic N) is 1. The van der Waals surface area contributed by atoms with Crippen LogP contribution in [0, 0.1) is 0 Å². The third-order valence-corrected chi connectivity index (χ3v) is 4.66. The lowest BCUT2D eigenvalue weighted by Crippen LogP contribution is -2.16. The van der Waals surface area contributed by atoms with Gasteiger partial charge in [-0.2, -0.15) is 0 Å². The van der Waals surface area contributed by atoms with Gasteiger partial charge in [0.25, 0.3) is 10.0 Å². The number of carbonyl (C=O) groups is 1. The molecule has 0 atom stereocenters. The highest BCUT2D eigenvalue weighted by Gasteiger charge is 2.20. The van der Waals surface area contributed by atoms with Crippen molar-refractivity contribution in [3.05, 3.63) is 34.9 Å². The van der Waals surface area contributed by atoms with E-state index in [1.807, 2.05) is 0 Å². The second-order valence-electron chi connectivity index (χ2n) is 4.98. The number of hydrogen-bond acceptors (Lipinski definition) is 6. The molecule has 0 aliphatic carbocycles. The summed E-state index contributed by atoms with van der Waals surface area (Å²) in [7, 11) is -0.960. The molecular formula is C16H23N3O5S. The van der Waals surface area contributed by atoms with Crippen LogP contribution in [0.5, 0.6) is 5.88 Å². The van der Waals surface area contributed by atoms with Crippen LogP contribution in [0.4, 0.5) is 11.4 Å². The minimum atomic E-state index is -4.01. The summed E-state index contributed by atoms with van der Waals surface area (Å²) in [6, 6.07) is 1.54. The summed E-state index contributed by atoms with van der Waals surface area (Å²) in [5.41, 5.74) is 0.743. The van der Waals surface area contributed by atoms with Crippen LogP contribution in [0.2, 0.25) is 0 Å². The fraction of sp³-hybridized carbons (Fsp3) is 0.375. The Labute approximate surface area is 147 Å². The number of allylic oxidation sites excluding steroid dienone is 2. The standard InChI is InChI=1S/C16H23N3O5S/c1-5-7-13(8-11(6-2)16(20)21)25(22,23)19-14-9-12(17-3)10-18-15(14)24-4/h7-10,17,19H,5-6H2,1-4H3,(H,20,21)/b11-8+,13-7+. The molecule has 0 aliphatic rings. The zero-order chi connectivity index (χ0) is 19.0. The molecule has 0 saturated heterocycles. The van der Waals surface area contributed by atoms with Crippen LogP contribution in [0.15, 0.2) is 34.9 Å². The van der Waals surface area contributed by atoms with E-state index in [9.17, 15) is 13.2 Å². The summed E-state index contributed by atoms with van der Waals surface area (Å²) < 4.78 is 32.9. The van der Waals surface area contributed by atoms with E-state index in [2.05, 4.69) is 15.0 Å². The average Bonchev–Trinajstić information content (AvgIpc) is 2.57. The Bertz CT molecular complexity index is 785. The first-order valence-electron chi connectivity index (χ1n) is 7.67. The van der Waals surface area contributed by atoms with Gasteiger partial charge in [0.1, 0.15) is 5.69 Å². The van der Waals surface area contributed by atoms with E-state index >= 15 is 0 Å². The maximum absolute atomic E-state index is 12.7. The Kier molecular flexibility index (Phi) is 7.43. The number of aromatic nitrogens is 1. The highest BCUT2D eigenvalue weighted by atomic mass is 32.2. The number of carboxylic acid groups (broad SMARTS) is 1. The van der Waals surface area contributed by atoms with Crippen molar-refractivity contribution >= 4 is 27.4 Å². The van der Waals surface area contributed by atoms with Crippen LogP contribution in [0.1, 0.15) is 26.7 Å². The number of ether oxygens (including phenoxy) is 1. The average molecular weight is 369 g/mol. The Hall–Kier alpha value is -2.55. The number of carboxylic acids is 1. The predicted molar refractivity (Wildman–Crippen MR) is 97.3 cm³/mol. The zero-order valence-electron chi connectivity index (χ0n) is 14.7. The molecule has 8 nitrogen and oxygen atoms in total. The molecule has 0 bridgehead atoms. The Balaban J connectivity index is 3.34. The third kappa shape index (κ3) is 5.49. The van der Waals surface area contributed by atoms with Gasteiger partial charge in [0, 0.05) is 12.6 Å². The van der Waals surface area contributed by atoms with Crippen LogP contribution < -0.4 is 14.8 Å². The quantitative estimate of drug-likeness (QED) is 0.452. The Morgan fingerprint density at radius 3 is 2.56 bits per heavy atom. The van der Waals surface area contributed by atoms with Gasteiger partial charge in [-0.05, 0) is 25.0 Å². The van der Waals surface area contributed by atoms with Gasteiger partial charge in [0.2, 0.25) is 5.88 Å². The fourth-order valence-electron chi connectivity index (χ4n) is 1.96. The van der Waals surface area contributed by atoms with Crippen molar-refractivity contribution in [3.8, 4) is 5.88 Å². The number of anilines is 2. The lowest BCUT2D eigenvalue weighted by molar-refractivity contribution is -0.132. The van der Waals surface area contributed by atoms with Crippen molar-refractivity contribution in [2.24, 2.45) is 0 Å². The van der Waals surface area contributed by atoms with Gasteiger partial charge < -0.3 is 15.2 Å². The van der Waals surface area contributed by atoms with E-state index in [0.29, 0.717) is 12.1 Å². The molecule has 0 amide bonds. The second-order valence-corrected chi connectivity index (χ2v) is 6.66. The van der Waals surface area contributed by atoms with Gasteiger partial charge >= 0.3 is 5.97 Å². The van der Waals surface area contributed by atoms with Crippen molar-refractivity contribution in [3.63, 3.8) is 0 Å². The monoisotopic (exact) mass is 369 g/mol. The molecule has 0 saturated carbocycles. The molecule has 0 radical (unpaired) electrons. The van der Waals surface area contributed by atoms with Crippen molar-refractivity contribution in [1.82, 2.24) is 4.98 Å². The Morgan fingerprint density at radius 2 is 2.08 bits per heavy atom. The zero-order valence-corrected chi connectivity index (χ0v) is 15.5. The molecule has 1 aromatic heterocycles. The Morgan fingerprint density at radius 1 is 1.40 bits per heavy atom. The normalized spacial score (nSPS) is 12.6. The molecule has 0 aliphatic heterocycles. The lowest BCUT2D eigenvalue weighted by atomic mass is 10.2. The summed E-state index contributed by atoms with van der Waals surface area (Å²) in [6.45, 7) is 3.41. The molecule has 1 aromatic rings. The molecular weight excluding hydrogens is 346 g/mol. The first kappa shape index (κ1) is 20.5. The van der Waals surface area contributed by atoms with Gasteiger partial charge in [-0.1, -0.05) is 19.9 Å². The highest BCUT2D eigenvalue weighted by molar-refractivity contribution is 7.96. The van der Waals surface area contributed by atoms with Gasteiger partial charge in [-0.15, -0.1) is 0 Å². The van der Waals surface area contributed by atoms with E-state index in [1.54, 1.807) is 20.9 Å². The summed E-state index contributed by atoms with van der Waals surface area (Å²) in [5, 5.41) is 12.0. The maximum atomic E-state index is 12.7. The van der Waals surface area contributed by atoms with Crippen molar-refractivity contribution in [2.75, 3.05) is 24.2 Å². The molecule has 25 heavy (non-hydrogen) atoms. The molecule has 9 heteroatoms. The second kappa shape index (κ2) is 9.07. The lowest BCUT2D eigenvalue weighted by Gasteiger charge is -2.13. The molecule has 1 heterocycles. The molecule has 1 rings (SSSR count). The SMILES string of the molecule is CC/C=C(\C=C(/CC)C(=O)O)S(=O)(=O)Nc1cc(NC)cnc1OC. The van der Waals surface area contributed by atoms with Crippen LogP contribution in [-0.4, -0.2) is 38.6 Å². The maximum Gasteiger partial charge on any atom is 0.331 e. The minimum Gasteiger partial charge on any atom is -0.479 e. The topological polar surface area (TPSA) is 118 Å². The molecule has 3 N–H and O–H groups in total. The van der Waals surface area contributed by atoms with E-state index in [4.69, 9.17) is 9.84 Å². The van der Waals surface area contributed by atoms with Crippen LogP contribution >= 0.6 is 0 Å². The van der Waals surface area contributed by atoms with Crippen molar-refractivity contribution in [1.29, 1.82) is 0 Å². The van der Waals surface area contributed by atoms with Crippen LogP contribution in [-0.2, 0) is 14.8 Å². The van der Waals surface area contributed by atoms with Gasteiger partial charge in [-0.3, -0.25) is 4.72 Å². The van der Waals surface area contributed by atoms with Gasteiger partial charge in [0.05, 0.1) is 23.9 Å². The number of methoxy groups -OCH3 is 1. The smallest absolute Gasteiger partial charge is 0.331 e. The summed E-state index contributed by atoms with van der Waals surface area (Å²) in [5.74, 6) is -1.05. The van der Waals surface area contributed by atoms with Crippen LogP contribution in [0.25, 0.3) is 0 Å². The van der Waals surface area contributed by atoms with E-state index in [0.717, 1.165) is 6.08 Å². The van der Waals surface area contributed by atoms with Crippen molar-refractivity contribution < 1.29 is 23.1 Å². The van der Waals surface area contributed by atoms with E-state index in [1.165, 1.54) is 25.4 Å². The number of hydrogen-bond donors (Lipinski definition) is 3. The van der Waals surface area contributed by atoms with Crippen molar-refractivity contribution in [2.45, 2.75) is 26.7 Å². The first-order chi connectivity index (χ1) is 11.8. The molecule has 0 unspecified atom stereocenters. The molecule has 0 spiro atoms.